The van der Waals surface area contributed by atoms with E-state index in [4.69, 9.17) is 0 Å². The van der Waals surface area contributed by atoms with Crippen molar-refractivity contribution in [1.82, 2.24) is 61.3 Å². The number of piperidine rings is 6. The van der Waals surface area contributed by atoms with E-state index in [1.807, 2.05) is 25.1 Å². The molecule has 5 aliphatic carbocycles. The predicted molar refractivity (Wildman–Crippen MR) is 524 cm³/mol. The molecule has 0 radical (unpaired) electrons. The van der Waals surface area contributed by atoms with Crippen LogP contribution in [0.15, 0.2) is 146 Å². The lowest BCUT2D eigenvalue weighted by Gasteiger charge is -2.43. The van der Waals surface area contributed by atoms with Crippen molar-refractivity contribution in [2.45, 2.75) is 337 Å². The van der Waals surface area contributed by atoms with E-state index >= 15 is 0 Å². The average Bonchev–Trinajstić information content (AvgIpc) is 1.59. The van der Waals surface area contributed by atoms with Crippen LogP contribution in [-0.4, -0.2) is 136 Å². The van der Waals surface area contributed by atoms with E-state index in [0.717, 1.165) is 170 Å². The van der Waals surface area contributed by atoms with Crippen LogP contribution in [0.4, 0.5) is 30.7 Å². The number of rotatable bonds is 13. The lowest BCUT2D eigenvalue weighted by atomic mass is 9.83. The van der Waals surface area contributed by atoms with Crippen molar-refractivity contribution in [3.63, 3.8) is 0 Å². The van der Waals surface area contributed by atoms with E-state index in [1.165, 1.54) is 84.4 Å². The number of fused-ring (bicyclic) bond motifs is 6. The number of hydrogen-bond acceptors (Lipinski definition) is 12. The standard InChI is InChI=1S/2C21H25FN2O2.C20H24N2O2.C19H20F2N2O2.C17H18N2O2.C15H13F3N2O2/c1-13-8-9-19(20(25)23-13)24-12-18-16(14-6-4-2-3-5-7-14)10-15(22)11-17(18)21(24)26;1-3-21(9-8-13(2)23-20(21)26)24-12-18-16(14-6-4-5-7-14)10-15(22)11-17(18)19(24)25;1-12-9-15(14-5-3-4-6-14)17-11-22(20(24)16(17)10-12)18-8-7-13(2)21-19(18)23;1-10-6-7-15(18(24)22-10)23-9-13-12(19(23)25)8-14(20)17(21)16(13)11-4-2-3-5-11;1-10-5-8-15(16(20)18-10)19-9-14-12(11-6-7-11)3-2-4-13(14)17(19)21;1-7-2-3-12(14(21)19-7)20-6-11-9(13(17)18)4-8(16)5-10(11)15(20)22/h10-11,14,19H,1-9,12H2,(H,23,25);10-11,14H,2-9,12H2,1H3,(H,23,26);9-10,14,18H,2-8,11H2,1H3,(H,21,23);8,11,15H,1-7,9H2,(H,22,24);2-4,11,15H,1,5-9H2,(H,18,20);4-5,12-13H,1-3,6H2,(H,19,21). The summed E-state index contributed by atoms with van der Waals surface area (Å²) in [5.41, 5.74) is 16.2. The molecule has 0 bridgehead atoms. The van der Waals surface area contributed by atoms with Gasteiger partial charge in [0.05, 0.1) is 0 Å². The maximum absolute atomic E-state index is 14.5. The Morgan fingerprint density at radius 3 is 1.06 bits per heavy atom. The van der Waals surface area contributed by atoms with Crippen molar-refractivity contribution in [3.05, 3.63) is 281 Å². The van der Waals surface area contributed by atoms with Crippen molar-refractivity contribution in [1.29, 1.82) is 0 Å². The largest absolute Gasteiger partial charge is 0.329 e. The Labute approximate surface area is 834 Å². The number of aryl methyl sites for hydroxylation is 1. The summed E-state index contributed by atoms with van der Waals surface area (Å²) in [7, 11) is 0. The number of nitrogens with one attached hydrogen (secondary N) is 6. The summed E-state index contributed by atoms with van der Waals surface area (Å²) in [4.78, 5) is 160. The van der Waals surface area contributed by atoms with Crippen molar-refractivity contribution >= 4 is 70.9 Å². The first-order valence-corrected chi connectivity index (χ1v) is 51.4. The zero-order valence-electron chi connectivity index (χ0n) is 81.8. The zero-order valence-corrected chi connectivity index (χ0v) is 81.8. The van der Waals surface area contributed by atoms with Gasteiger partial charge in [-0.25, -0.2) is 30.7 Å². The molecular formula is C113H125F7N12O12. The number of carbonyl (C=O) groups excluding carboxylic acids is 12. The summed E-state index contributed by atoms with van der Waals surface area (Å²) in [6, 6.07) is 16.3. The van der Waals surface area contributed by atoms with E-state index in [1.54, 1.807) is 31.7 Å². The fourth-order valence-corrected chi connectivity index (χ4v) is 24.9. The Bertz CT molecular complexity index is 6380. The fourth-order valence-electron chi connectivity index (χ4n) is 24.9. The second kappa shape index (κ2) is 41.9. The van der Waals surface area contributed by atoms with Gasteiger partial charge in [-0.05, 0) is 300 Å². The lowest BCUT2D eigenvalue weighted by Crippen LogP contribution is -2.60. The molecule has 23 rings (SSSR count). The summed E-state index contributed by atoms with van der Waals surface area (Å²) in [6.45, 7) is 28.7. The minimum atomic E-state index is -2.88. The van der Waals surface area contributed by atoms with E-state index < -0.39 is 64.9 Å². The van der Waals surface area contributed by atoms with Gasteiger partial charge in [0.15, 0.2) is 11.6 Å². The minimum Gasteiger partial charge on any atom is -0.329 e. The summed E-state index contributed by atoms with van der Waals surface area (Å²) in [5, 5.41) is 16.4. The molecule has 5 saturated carbocycles. The van der Waals surface area contributed by atoms with Crippen LogP contribution in [0.2, 0.25) is 0 Å². The molecule has 0 spiro atoms. The molecule has 6 unspecified atom stereocenters. The first-order valence-electron chi connectivity index (χ1n) is 51.4. The number of hydrogen-bond donors (Lipinski definition) is 6. The van der Waals surface area contributed by atoms with E-state index in [-0.39, 0.29) is 118 Å². The molecule has 24 nitrogen and oxygen atoms in total. The summed E-state index contributed by atoms with van der Waals surface area (Å²) in [5.74, 6) is -4.22. The number of amides is 12. The molecule has 6 saturated heterocycles. The van der Waals surface area contributed by atoms with Crippen LogP contribution in [-0.2, 0) is 68.0 Å². The van der Waals surface area contributed by atoms with Gasteiger partial charge in [-0.3, -0.25) is 57.5 Å². The minimum absolute atomic E-state index is 0.000150. The Hall–Kier alpha value is -13.1. The van der Waals surface area contributed by atoms with Crippen molar-refractivity contribution < 1.29 is 88.3 Å². The second-order valence-corrected chi connectivity index (χ2v) is 41.9. The summed E-state index contributed by atoms with van der Waals surface area (Å²) >= 11 is 0. The molecule has 12 heterocycles. The fraction of sp³-hybridized carbons (Fsp3) is 0.469. The summed E-state index contributed by atoms with van der Waals surface area (Å²) < 4.78 is 96.7. The smallest absolute Gasteiger partial charge is 0.264 e. The Morgan fingerprint density at radius 1 is 0.333 bits per heavy atom. The van der Waals surface area contributed by atoms with Crippen LogP contribution in [0, 0.1) is 36.0 Å². The zero-order chi connectivity index (χ0) is 102. The third-order valence-electron chi connectivity index (χ3n) is 32.7. The highest BCUT2D eigenvalue weighted by molar-refractivity contribution is 6.07. The number of carbonyl (C=O) groups is 12. The molecule has 11 fully saturated rings. The Balaban J connectivity index is 0.000000114. The maximum Gasteiger partial charge on any atom is 0.264 e. The molecule has 6 aromatic carbocycles. The highest BCUT2D eigenvalue weighted by atomic mass is 19.3. The topological polar surface area (TPSA) is 296 Å². The molecule has 6 aromatic rings. The lowest BCUT2D eigenvalue weighted by molar-refractivity contribution is -0.134. The van der Waals surface area contributed by atoms with Gasteiger partial charge < -0.3 is 61.3 Å². The second-order valence-electron chi connectivity index (χ2n) is 41.9. The van der Waals surface area contributed by atoms with Crippen molar-refractivity contribution in [2.24, 2.45) is 0 Å². The van der Waals surface area contributed by atoms with Crippen molar-refractivity contribution in [3.8, 4) is 0 Å². The Morgan fingerprint density at radius 2 is 0.660 bits per heavy atom. The first kappa shape index (κ1) is 101. The molecule has 0 aromatic heterocycles. The van der Waals surface area contributed by atoms with E-state index in [9.17, 15) is 88.3 Å². The molecule has 12 amide bonds. The average molecular weight is 1980 g/mol. The van der Waals surface area contributed by atoms with E-state index in [2.05, 4.69) is 90.4 Å². The molecule has 6 atom stereocenters. The van der Waals surface area contributed by atoms with Gasteiger partial charge in [0.1, 0.15) is 53.2 Å². The number of alkyl halides is 2. The van der Waals surface area contributed by atoms with E-state index in [0.29, 0.717) is 166 Å². The normalized spacial score (nSPS) is 24.3. The molecule has 17 aliphatic rings. The van der Waals surface area contributed by atoms with Gasteiger partial charge in [0.25, 0.3) is 41.9 Å². The van der Waals surface area contributed by atoms with Gasteiger partial charge in [-0.15, -0.1) is 0 Å². The van der Waals surface area contributed by atoms with Crippen LogP contribution in [0.25, 0.3) is 0 Å². The molecular weight excluding hydrogens is 1850 g/mol. The van der Waals surface area contributed by atoms with Gasteiger partial charge in [-0.2, -0.15) is 0 Å². The summed E-state index contributed by atoms with van der Waals surface area (Å²) in [6.07, 6.45) is 27.2. The molecule has 758 valence electrons. The first-order chi connectivity index (χ1) is 69.0. The van der Waals surface area contributed by atoms with Crippen LogP contribution in [0.5, 0.6) is 0 Å². The van der Waals surface area contributed by atoms with Crippen LogP contribution in [0.3, 0.4) is 0 Å². The number of allylic oxidation sites excluding steroid dienone is 6. The van der Waals surface area contributed by atoms with Crippen LogP contribution in [0.1, 0.15) is 389 Å². The third-order valence-corrected chi connectivity index (χ3v) is 32.7. The van der Waals surface area contributed by atoms with Gasteiger partial charge in [0.2, 0.25) is 35.4 Å². The van der Waals surface area contributed by atoms with Gasteiger partial charge >= 0.3 is 0 Å². The highest BCUT2D eigenvalue weighted by Crippen LogP contribution is 2.50. The quantitative estimate of drug-likeness (QED) is 0.0465. The molecule has 31 heteroatoms. The molecule has 12 aliphatic heterocycles. The highest BCUT2D eigenvalue weighted by Gasteiger charge is 2.53. The Kier molecular flexibility index (Phi) is 29.4. The van der Waals surface area contributed by atoms with Crippen LogP contribution >= 0.6 is 0 Å². The predicted octanol–water partition coefficient (Wildman–Crippen LogP) is 19.6. The van der Waals surface area contributed by atoms with Crippen molar-refractivity contribution in [2.75, 3.05) is 0 Å². The van der Waals surface area contributed by atoms with Gasteiger partial charge in [0, 0.05) is 112 Å². The molecule has 6 N–H and O–H groups in total. The van der Waals surface area contributed by atoms with Gasteiger partial charge in [-0.1, -0.05) is 134 Å². The third kappa shape index (κ3) is 20.1. The molecule has 144 heavy (non-hydrogen) atoms. The SMILES string of the molecule is C=C1CCC(CC)(N2Cc3c(cc(F)cc3C3CCCC3)C2=O)C(=O)N1.C=C1CCC(N2Cc3c(cc(C)cc3C3CCCC3)C2=O)C(=O)N1.C=C1CCC(N2Cc3c(cc(F)c(F)c3C3CCCC3)C2=O)C(=O)N1.C=C1CCC(N2Cc3c(cc(F)cc3C(F)F)C2=O)C(=O)N1.C=C1CCC(N2Cc3c(cc(F)cc3C3CCCCCC3)C2=O)C(=O)N1.C=C1CCC(N2Cc3c(cccc3C3CC3)C2=O)C(=O)N1. The number of halogens is 7. The maximum atomic E-state index is 14.5. The number of nitrogens with zero attached hydrogens (tertiary/aromatic N) is 6. The monoisotopic (exact) mass is 1970 g/mol. The number of benzene rings is 6. The van der Waals surface area contributed by atoms with Crippen LogP contribution < -0.4 is 31.9 Å².